The fourth-order valence-corrected chi connectivity index (χ4v) is 1.95. The molecule has 0 saturated carbocycles. The zero-order valence-corrected chi connectivity index (χ0v) is 14.0. The van der Waals surface area contributed by atoms with Crippen molar-refractivity contribution in [2.45, 2.75) is 0 Å². The molecule has 1 aromatic heterocycles. The Kier molecular flexibility index (Phi) is 7.25. The second-order valence-corrected chi connectivity index (χ2v) is 4.83. The summed E-state index contributed by atoms with van der Waals surface area (Å²) in [5.74, 6) is 1.39. The minimum absolute atomic E-state index is 0.238. The smallest absolute Gasteiger partial charge is 0.171 e. The van der Waals surface area contributed by atoms with E-state index in [-0.39, 0.29) is 5.03 Å². The predicted molar refractivity (Wildman–Crippen MR) is 93.1 cm³/mol. The first-order valence-corrected chi connectivity index (χ1v) is 6.89. The molecule has 23 heavy (non-hydrogen) atoms. The summed E-state index contributed by atoms with van der Waals surface area (Å²) >= 11 is 5.86. The highest BCUT2D eigenvalue weighted by Crippen LogP contribution is 2.39. The van der Waals surface area contributed by atoms with Crippen molar-refractivity contribution >= 4 is 35.3 Å². The standard InChI is InChI=1S/C15H12ClNO3.C2H6O/c1-9(16)15-12(17-2)7-14(20-15)11-5-4-10(8-18)6-13(11)19-3;1-3-2/h4-8H,1-2H2,3H3;1-2H3. The minimum atomic E-state index is 0.238. The van der Waals surface area contributed by atoms with Crippen molar-refractivity contribution in [2.75, 3.05) is 21.3 Å². The third-order valence-corrected chi connectivity index (χ3v) is 2.93. The van der Waals surface area contributed by atoms with E-state index in [4.69, 9.17) is 20.8 Å². The normalized spacial score (nSPS) is 9.57. The number of carbonyl (C=O) groups excluding carboxylic acids is 1. The lowest BCUT2D eigenvalue weighted by Crippen LogP contribution is -1.89. The van der Waals surface area contributed by atoms with Crippen LogP contribution < -0.4 is 4.74 Å². The van der Waals surface area contributed by atoms with E-state index in [1.807, 2.05) is 0 Å². The highest BCUT2D eigenvalue weighted by atomic mass is 35.5. The summed E-state index contributed by atoms with van der Waals surface area (Å²) in [5.41, 5.74) is 1.70. The first kappa shape index (κ1) is 18.7. The van der Waals surface area contributed by atoms with Gasteiger partial charge in [0, 0.05) is 25.8 Å². The molecule has 2 aromatic rings. The summed E-state index contributed by atoms with van der Waals surface area (Å²) in [6.45, 7) is 7.08. The molecule has 0 radical (unpaired) electrons. The van der Waals surface area contributed by atoms with Crippen molar-refractivity contribution in [2.24, 2.45) is 4.99 Å². The number of benzene rings is 1. The van der Waals surface area contributed by atoms with Crippen molar-refractivity contribution in [3.8, 4) is 17.1 Å². The van der Waals surface area contributed by atoms with Gasteiger partial charge < -0.3 is 13.9 Å². The van der Waals surface area contributed by atoms with Gasteiger partial charge in [-0.25, -0.2) is 0 Å². The molecular weight excluding hydrogens is 318 g/mol. The second-order valence-electron chi connectivity index (χ2n) is 4.37. The molecule has 2 rings (SSSR count). The monoisotopic (exact) mass is 335 g/mol. The van der Waals surface area contributed by atoms with Gasteiger partial charge in [-0.05, 0) is 18.9 Å². The Hall–Kier alpha value is -2.37. The largest absolute Gasteiger partial charge is 0.496 e. The maximum atomic E-state index is 10.8. The van der Waals surface area contributed by atoms with Gasteiger partial charge in [0.15, 0.2) is 5.76 Å². The van der Waals surface area contributed by atoms with Crippen molar-refractivity contribution in [3.05, 3.63) is 42.2 Å². The van der Waals surface area contributed by atoms with Gasteiger partial charge in [0.1, 0.15) is 23.5 Å². The Morgan fingerprint density at radius 2 is 1.96 bits per heavy atom. The molecule has 0 unspecified atom stereocenters. The Morgan fingerprint density at radius 3 is 2.39 bits per heavy atom. The van der Waals surface area contributed by atoms with Gasteiger partial charge in [0.05, 0.1) is 17.7 Å². The predicted octanol–water partition coefficient (Wildman–Crippen LogP) is 4.57. The van der Waals surface area contributed by atoms with E-state index in [2.05, 4.69) is 23.0 Å². The Labute approximate surface area is 140 Å². The van der Waals surface area contributed by atoms with Crippen LogP contribution in [-0.2, 0) is 4.74 Å². The molecule has 0 atom stereocenters. The van der Waals surface area contributed by atoms with Gasteiger partial charge in [0.2, 0.25) is 0 Å². The van der Waals surface area contributed by atoms with Crippen LogP contribution in [0.2, 0.25) is 0 Å². The zero-order valence-electron chi connectivity index (χ0n) is 13.3. The van der Waals surface area contributed by atoms with E-state index in [1.165, 1.54) is 7.11 Å². The maximum absolute atomic E-state index is 10.8. The number of methoxy groups -OCH3 is 2. The molecule has 0 fully saturated rings. The fourth-order valence-electron chi connectivity index (χ4n) is 1.81. The summed E-state index contributed by atoms with van der Waals surface area (Å²) in [5, 5.41) is 0.238. The van der Waals surface area contributed by atoms with Crippen LogP contribution in [-0.4, -0.2) is 34.3 Å². The van der Waals surface area contributed by atoms with Crippen LogP contribution in [0.25, 0.3) is 16.4 Å². The van der Waals surface area contributed by atoms with E-state index in [0.717, 1.165) is 6.29 Å². The lowest BCUT2D eigenvalue weighted by atomic mass is 10.1. The number of aldehydes is 1. The average molecular weight is 336 g/mol. The van der Waals surface area contributed by atoms with E-state index in [9.17, 15) is 4.79 Å². The number of carbonyl (C=O) groups is 1. The van der Waals surface area contributed by atoms with Gasteiger partial charge in [0.25, 0.3) is 0 Å². The van der Waals surface area contributed by atoms with Gasteiger partial charge in [-0.3, -0.25) is 9.79 Å². The summed E-state index contributed by atoms with van der Waals surface area (Å²) in [7, 11) is 4.77. The second kappa shape index (κ2) is 8.92. The van der Waals surface area contributed by atoms with E-state index in [1.54, 1.807) is 38.5 Å². The molecule has 0 bridgehead atoms. The number of hydrogen-bond donors (Lipinski definition) is 0. The lowest BCUT2D eigenvalue weighted by molar-refractivity contribution is 0.112. The van der Waals surface area contributed by atoms with Crippen LogP contribution in [0, 0.1) is 0 Å². The average Bonchev–Trinajstić information content (AvgIpc) is 2.99. The molecule has 1 aromatic carbocycles. The van der Waals surface area contributed by atoms with E-state index < -0.39 is 0 Å². The third-order valence-electron chi connectivity index (χ3n) is 2.76. The summed E-state index contributed by atoms with van der Waals surface area (Å²) < 4.78 is 15.2. The first-order chi connectivity index (χ1) is 11.0. The number of ether oxygens (including phenoxy) is 2. The van der Waals surface area contributed by atoms with E-state index >= 15 is 0 Å². The van der Waals surface area contributed by atoms with Crippen molar-refractivity contribution < 1.29 is 18.7 Å². The number of nitrogens with zero attached hydrogens (tertiary/aromatic N) is 1. The molecule has 1 heterocycles. The number of rotatable bonds is 5. The Balaban J connectivity index is 0.000000816. The van der Waals surface area contributed by atoms with Crippen molar-refractivity contribution in [1.29, 1.82) is 0 Å². The summed E-state index contributed by atoms with van der Waals surface area (Å²) in [4.78, 5) is 14.6. The molecular formula is C17H18ClNO4. The van der Waals surface area contributed by atoms with Crippen LogP contribution in [0.3, 0.4) is 0 Å². The topological polar surface area (TPSA) is 61.0 Å². The molecule has 0 amide bonds. The minimum Gasteiger partial charge on any atom is -0.496 e. The van der Waals surface area contributed by atoms with Gasteiger partial charge >= 0.3 is 0 Å². The SMILES string of the molecule is C=Nc1cc(-c2ccc(C=O)cc2OC)oc1C(=C)Cl.COC. The van der Waals surface area contributed by atoms with Crippen LogP contribution in [0.15, 0.2) is 40.3 Å². The van der Waals surface area contributed by atoms with Gasteiger partial charge in [-0.1, -0.05) is 24.2 Å². The third kappa shape index (κ3) is 4.55. The Morgan fingerprint density at radius 1 is 1.30 bits per heavy atom. The van der Waals surface area contributed by atoms with Crippen molar-refractivity contribution in [1.82, 2.24) is 0 Å². The lowest BCUT2D eigenvalue weighted by Gasteiger charge is -2.06. The van der Waals surface area contributed by atoms with Crippen LogP contribution in [0.1, 0.15) is 16.1 Å². The van der Waals surface area contributed by atoms with Crippen LogP contribution >= 0.6 is 11.6 Å². The fraction of sp³-hybridized carbons (Fsp3) is 0.176. The number of aliphatic imine (C=N–C) groups is 1. The molecule has 6 heteroatoms. The number of furan rings is 1. The number of halogens is 1. The van der Waals surface area contributed by atoms with Gasteiger partial charge in [-0.15, -0.1) is 0 Å². The highest BCUT2D eigenvalue weighted by Gasteiger charge is 2.16. The number of hydrogen-bond acceptors (Lipinski definition) is 5. The molecule has 0 N–H and O–H groups in total. The van der Waals surface area contributed by atoms with Gasteiger partial charge in [-0.2, -0.15) is 0 Å². The summed E-state index contributed by atoms with van der Waals surface area (Å²) in [6.07, 6.45) is 0.747. The molecule has 0 aliphatic heterocycles. The zero-order chi connectivity index (χ0) is 17.4. The van der Waals surface area contributed by atoms with Crippen molar-refractivity contribution in [3.63, 3.8) is 0 Å². The first-order valence-electron chi connectivity index (χ1n) is 6.51. The molecule has 0 aliphatic carbocycles. The quantitative estimate of drug-likeness (QED) is 0.593. The maximum Gasteiger partial charge on any atom is 0.171 e. The summed E-state index contributed by atoms with van der Waals surface area (Å²) in [6, 6.07) is 6.72. The molecule has 0 aliphatic rings. The Bertz CT molecular complexity index is 707. The highest BCUT2D eigenvalue weighted by molar-refractivity contribution is 6.48. The molecule has 0 saturated heterocycles. The van der Waals surface area contributed by atoms with E-state index in [0.29, 0.717) is 34.1 Å². The molecule has 5 nitrogen and oxygen atoms in total. The van der Waals surface area contributed by atoms with Crippen LogP contribution in [0.4, 0.5) is 5.69 Å². The molecule has 0 spiro atoms. The van der Waals surface area contributed by atoms with Crippen LogP contribution in [0.5, 0.6) is 5.75 Å². The molecule has 122 valence electrons.